The average molecular weight is 266 g/mol. The molecule has 1 rings (SSSR count). The molecule has 19 heavy (non-hydrogen) atoms. The molecule has 0 atom stereocenters. The lowest BCUT2D eigenvalue weighted by Gasteiger charge is -2.07. The van der Waals surface area contributed by atoms with E-state index in [0.717, 1.165) is 19.4 Å². The van der Waals surface area contributed by atoms with E-state index in [1.807, 2.05) is 13.8 Å². The van der Waals surface area contributed by atoms with E-state index < -0.39 is 0 Å². The molecule has 1 aromatic heterocycles. The lowest BCUT2D eigenvalue weighted by atomic mass is 10.3. The number of carbonyl (C=O) groups is 1. The molecule has 0 aliphatic heterocycles. The Kier molecular flexibility index (Phi) is 7.31. The Bertz CT molecular complexity index is 385. The molecule has 0 saturated carbocycles. The summed E-state index contributed by atoms with van der Waals surface area (Å²) >= 11 is 0. The molecule has 0 saturated heterocycles. The maximum atomic E-state index is 11.4. The lowest BCUT2D eigenvalue weighted by molar-refractivity contribution is -0.120. The molecule has 6 heteroatoms. The predicted molar refractivity (Wildman–Crippen MR) is 74.2 cm³/mol. The van der Waals surface area contributed by atoms with Crippen LogP contribution in [0.15, 0.2) is 12.4 Å². The minimum atomic E-state index is 0.0471. The third-order valence-corrected chi connectivity index (χ3v) is 2.33. The Balaban J connectivity index is 2.30. The van der Waals surface area contributed by atoms with Crippen molar-refractivity contribution in [2.75, 3.05) is 25.0 Å². The number of ether oxygens (including phenoxy) is 1. The van der Waals surface area contributed by atoms with Crippen LogP contribution in [0.2, 0.25) is 0 Å². The maximum Gasteiger partial charge on any atom is 0.221 e. The summed E-state index contributed by atoms with van der Waals surface area (Å²) in [6, 6.07) is 1.74. The van der Waals surface area contributed by atoms with Crippen LogP contribution < -0.4 is 15.4 Å². The van der Waals surface area contributed by atoms with Crippen molar-refractivity contribution in [2.24, 2.45) is 0 Å². The Labute approximate surface area is 114 Å². The van der Waals surface area contributed by atoms with Crippen LogP contribution in [0, 0.1) is 0 Å². The van der Waals surface area contributed by atoms with Crippen molar-refractivity contribution in [2.45, 2.75) is 33.1 Å². The van der Waals surface area contributed by atoms with E-state index in [1.54, 1.807) is 6.07 Å². The molecule has 106 valence electrons. The van der Waals surface area contributed by atoms with Crippen molar-refractivity contribution < 1.29 is 9.53 Å². The van der Waals surface area contributed by atoms with Gasteiger partial charge in [0.2, 0.25) is 11.8 Å². The number of aromatic nitrogens is 2. The van der Waals surface area contributed by atoms with Crippen LogP contribution in [0.4, 0.5) is 5.82 Å². The number of anilines is 1. The van der Waals surface area contributed by atoms with Crippen molar-refractivity contribution in [3.05, 3.63) is 12.4 Å². The normalized spacial score (nSPS) is 10.0. The Hall–Kier alpha value is -1.85. The van der Waals surface area contributed by atoms with Crippen molar-refractivity contribution in [1.29, 1.82) is 0 Å². The second-order valence-electron chi connectivity index (χ2n) is 4.12. The van der Waals surface area contributed by atoms with E-state index in [0.29, 0.717) is 31.3 Å². The van der Waals surface area contributed by atoms with Crippen molar-refractivity contribution >= 4 is 11.7 Å². The molecule has 0 aromatic carbocycles. The molecule has 1 amide bonds. The topological polar surface area (TPSA) is 76.1 Å². The molecule has 0 aliphatic rings. The van der Waals surface area contributed by atoms with Gasteiger partial charge < -0.3 is 15.4 Å². The number of rotatable bonds is 9. The monoisotopic (exact) mass is 266 g/mol. The van der Waals surface area contributed by atoms with Crippen LogP contribution in [0.3, 0.4) is 0 Å². The maximum absolute atomic E-state index is 11.4. The van der Waals surface area contributed by atoms with E-state index in [4.69, 9.17) is 4.74 Å². The van der Waals surface area contributed by atoms with Crippen LogP contribution in [0.1, 0.15) is 33.1 Å². The summed E-state index contributed by atoms with van der Waals surface area (Å²) in [5.74, 6) is 1.27. The summed E-state index contributed by atoms with van der Waals surface area (Å²) in [7, 11) is 0. The fourth-order valence-electron chi connectivity index (χ4n) is 1.38. The Morgan fingerprint density at radius 3 is 2.84 bits per heavy atom. The van der Waals surface area contributed by atoms with Crippen LogP contribution in [-0.2, 0) is 4.79 Å². The second kappa shape index (κ2) is 9.13. The highest BCUT2D eigenvalue weighted by atomic mass is 16.5. The van der Waals surface area contributed by atoms with Gasteiger partial charge >= 0.3 is 0 Å². The fourth-order valence-corrected chi connectivity index (χ4v) is 1.38. The number of hydrogen-bond donors (Lipinski definition) is 2. The first-order valence-electron chi connectivity index (χ1n) is 6.71. The summed E-state index contributed by atoms with van der Waals surface area (Å²) in [6.45, 7) is 5.96. The van der Waals surface area contributed by atoms with Gasteiger partial charge in [-0.1, -0.05) is 13.8 Å². The standard InChI is InChI=1S/C13H22N4O2/c1-3-6-15-12(18)5-7-14-11-9-13(17-10-16-11)19-8-4-2/h9-10H,3-8H2,1-2H3,(H,15,18)(H,14,16,17). The van der Waals surface area contributed by atoms with Gasteiger partial charge in [-0.2, -0.15) is 0 Å². The summed E-state index contributed by atoms with van der Waals surface area (Å²) in [5, 5.41) is 5.90. The average Bonchev–Trinajstić information content (AvgIpc) is 2.43. The van der Waals surface area contributed by atoms with Gasteiger partial charge in [-0.25, -0.2) is 9.97 Å². The molecule has 0 bridgehead atoms. The number of hydrogen-bond acceptors (Lipinski definition) is 5. The van der Waals surface area contributed by atoms with E-state index in [1.165, 1.54) is 6.33 Å². The molecule has 0 fully saturated rings. The third kappa shape index (κ3) is 6.59. The molecule has 2 N–H and O–H groups in total. The van der Waals surface area contributed by atoms with Gasteiger partial charge in [-0.15, -0.1) is 0 Å². The molecule has 0 aliphatic carbocycles. The number of nitrogens with one attached hydrogen (secondary N) is 2. The summed E-state index contributed by atoms with van der Waals surface area (Å²) < 4.78 is 5.41. The number of amides is 1. The van der Waals surface area contributed by atoms with Gasteiger partial charge in [-0.3, -0.25) is 4.79 Å². The van der Waals surface area contributed by atoms with Gasteiger partial charge in [0.25, 0.3) is 0 Å². The summed E-state index contributed by atoms with van der Waals surface area (Å²) in [4.78, 5) is 19.5. The zero-order valence-electron chi connectivity index (χ0n) is 11.6. The molecule has 0 spiro atoms. The Morgan fingerprint density at radius 1 is 1.26 bits per heavy atom. The van der Waals surface area contributed by atoms with Gasteiger partial charge in [0.15, 0.2) is 0 Å². The lowest BCUT2D eigenvalue weighted by Crippen LogP contribution is -2.25. The first-order chi connectivity index (χ1) is 9.26. The molecular weight excluding hydrogens is 244 g/mol. The van der Waals surface area contributed by atoms with Gasteiger partial charge in [-0.05, 0) is 12.8 Å². The number of nitrogens with zero attached hydrogens (tertiary/aromatic N) is 2. The highest BCUT2D eigenvalue weighted by Crippen LogP contribution is 2.10. The SMILES string of the molecule is CCCNC(=O)CCNc1cc(OCCC)ncn1. The molecule has 0 radical (unpaired) electrons. The van der Waals surface area contributed by atoms with Crippen molar-refractivity contribution in [3.63, 3.8) is 0 Å². The summed E-state index contributed by atoms with van der Waals surface area (Å²) in [6.07, 6.45) is 3.76. The fraction of sp³-hybridized carbons (Fsp3) is 0.615. The first-order valence-corrected chi connectivity index (χ1v) is 6.71. The smallest absolute Gasteiger partial charge is 0.221 e. The highest BCUT2D eigenvalue weighted by molar-refractivity contribution is 5.76. The van der Waals surface area contributed by atoms with Crippen LogP contribution in [-0.4, -0.2) is 35.6 Å². The molecular formula is C13H22N4O2. The summed E-state index contributed by atoms with van der Waals surface area (Å²) in [5.41, 5.74) is 0. The zero-order chi connectivity index (χ0) is 13.9. The third-order valence-electron chi connectivity index (χ3n) is 2.33. The van der Waals surface area contributed by atoms with Gasteiger partial charge in [0.1, 0.15) is 12.1 Å². The first kappa shape index (κ1) is 15.2. The largest absolute Gasteiger partial charge is 0.478 e. The van der Waals surface area contributed by atoms with E-state index in [-0.39, 0.29) is 5.91 Å². The van der Waals surface area contributed by atoms with Crippen molar-refractivity contribution in [1.82, 2.24) is 15.3 Å². The van der Waals surface area contributed by atoms with Gasteiger partial charge in [0, 0.05) is 25.6 Å². The molecule has 0 unspecified atom stereocenters. The van der Waals surface area contributed by atoms with Crippen LogP contribution in [0.25, 0.3) is 0 Å². The van der Waals surface area contributed by atoms with E-state index in [2.05, 4.69) is 20.6 Å². The Morgan fingerprint density at radius 2 is 2.11 bits per heavy atom. The van der Waals surface area contributed by atoms with E-state index >= 15 is 0 Å². The van der Waals surface area contributed by atoms with E-state index in [9.17, 15) is 4.79 Å². The number of carbonyl (C=O) groups excluding carboxylic acids is 1. The van der Waals surface area contributed by atoms with Crippen molar-refractivity contribution in [3.8, 4) is 5.88 Å². The highest BCUT2D eigenvalue weighted by Gasteiger charge is 2.02. The van der Waals surface area contributed by atoms with Crippen LogP contribution >= 0.6 is 0 Å². The van der Waals surface area contributed by atoms with Crippen LogP contribution in [0.5, 0.6) is 5.88 Å². The zero-order valence-corrected chi connectivity index (χ0v) is 11.6. The molecule has 6 nitrogen and oxygen atoms in total. The minimum absolute atomic E-state index is 0.0471. The second-order valence-corrected chi connectivity index (χ2v) is 4.12. The predicted octanol–water partition coefficient (Wildman–Crippen LogP) is 1.59. The minimum Gasteiger partial charge on any atom is -0.478 e. The molecule has 1 aromatic rings. The van der Waals surface area contributed by atoms with Gasteiger partial charge in [0.05, 0.1) is 6.61 Å². The quantitative estimate of drug-likeness (QED) is 0.710. The molecule has 1 heterocycles.